The van der Waals surface area contributed by atoms with Gasteiger partial charge in [0.15, 0.2) is 5.16 Å². The quantitative estimate of drug-likeness (QED) is 0.392. The van der Waals surface area contributed by atoms with Crippen molar-refractivity contribution in [1.82, 2.24) is 20.3 Å². The summed E-state index contributed by atoms with van der Waals surface area (Å²) in [5.74, 6) is -0.207. The molecule has 1 aliphatic carbocycles. The van der Waals surface area contributed by atoms with Crippen molar-refractivity contribution in [2.75, 3.05) is 6.61 Å². The molecule has 0 spiro atoms. The maximum atomic E-state index is 12.7. The van der Waals surface area contributed by atoms with E-state index in [2.05, 4.69) is 20.3 Å². The first-order chi connectivity index (χ1) is 14.2. The van der Waals surface area contributed by atoms with Crippen LogP contribution in [0.1, 0.15) is 35.3 Å². The van der Waals surface area contributed by atoms with E-state index in [4.69, 9.17) is 0 Å². The predicted octanol–water partition coefficient (Wildman–Crippen LogP) is 2.42. The Hall–Kier alpha value is -2.23. The summed E-state index contributed by atoms with van der Waals surface area (Å²) in [7, 11) is 0. The number of H-pyrrole nitrogens is 1. The van der Waals surface area contributed by atoms with Crippen molar-refractivity contribution >= 4 is 39.2 Å². The second-order valence-corrected chi connectivity index (χ2v) is 9.24. The molecule has 7 nitrogen and oxygen atoms in total. The minimum Gasteiger partial charge on any atom is -0.396 e. The van der Waals surface area contributed by atoms with Gasteiger partial charge in [-0.15, -0.1) is 11.3 Å². The van der Waals surface area contributed by atoms with E-state index in [1.54, 1.807) is 23.7 Å². The van der Waals surface area contributed by atoms with Gasteiger partial charge in [-0.3, -0.25) is 14.6 Å². The van der Waals surface area contributed by atoms with Crippen LogP contribution in [0.25, 0.3) is 10.2 Å². The number of hydrogen-bond donors (Lipinski definition) is 3. The molecule has 1 atom stereocenters. The Morgan fingerprint density at radius 2 is 2.24 bits per heavy atom. The minimum atomic E-state index is -0.549. The summed E-state index contributed by atoms with van der Waals surface area (Å²) in [4.78, 5) is 38.8. The Balaban J connectivity index is 1.52. The van der Waals surface area contributed by atoms with Crippen LogP contribution in [0.3, 0.4) is 0 Å². The number of carbonyl (C=O) groups is 1. The van der Waals surface area contributed by atoms with E-state index in [1.807, 2.05) is 12.1 Å². The number of nitrogens with one attached hydrogen (secondary N) is 2. The van der Waals surface area contributed by atoms with E-state index >= 15 is 0 Å². The Bertz CT molecular complexity index is 1060. The summed E-state index contributed by atoms with van der Waals surface area (Å²) in [6.45, 7) is 0.230. The number of carbonyl (C=O) groups excluding carboxylic acids is 1. The van der Waals surface area contributed by atoms with E-state index in [0.717, 1.165) is 41.6 Å². The van der Waals surface area contributed by atoms with E-state index < -0.39 is 5.25 Å². The number of aryl methyl sites for hydroxylation is 2. The smallest absolute Gasteiger partial charge is 0.260 e. The van der Waals surface area contributed by atoms with Gasteiger partial charge in [-0.05, 0) is 49.3 Å². The van der Waals surface area contributed by atoms with Crippen LogP contribution in [-0.2, 0) is 24.2 Å². The van der Waals surface area contributed by atoms with Gasteiger partial charge in [0.05, 0.1) is 10.6 Å². The number of pyridine rings is 1. The van der Waals surface area contributed by atoms with Crippen LogP contribution >= 0.6 is 23.1 Å². The van der Waals surface area contributed by atoms with Crippen LogP contribution in [0.15, 0.2) is 34.5 Å². The lowest BCUT2D eigenvalue weighted by Crippen LogP contribution is -2.33. The third-order valence-electron chi connectivity index (χ3n) is 4.93. The Kier molecular flexibility index (Phi) is 6.27. The normalized spacial score (nSPS) is 14.5. The van der Waals surface area contributed by atoms with Crippen molar-refractivity contribution < 1.29 is 9.90 Å². The molecule has 29 heavy (non-hydrogen) atoms. The molecular weight excluding hydrogens is 408 g/mol. The van der Waals surface area contributed by atoms with Crippen LogP contribution in [0.2, 0.25) is 0 Å². The van der Waals surface area contributed by atoms with Gasteiger partial charge >= 0.3 is 0 Å². The van der Waals surface area contributed by atoms with Crippen molar-refractivity contribution in [2.24, 2.45) is 0 Å². The Morgan fingerprint density at radius 1 is 1.38 bits per heavy atom. The highest BCUT2D eigenvalue weighted by Crippen LogP contribution is 2.34. The fraction of sp³-hybridized carbons (Fsp3) is 0.400. The van der Waals surface area contributed by atoms with Gasteiger partial charge in [0.2, 0.25) is 5.91 Å². The van der Waals surface area contributed by atoms with Gasteiger partial charge in [0.1, 0.15) is 4.83 Å². The fourth-order valence-corrected chi connectivity index (χ4v) is 5.80. The molecule has 152 valence electrons. The lowest BCUT2D eigenvalue weighted by atomic mass is 9.97. The number of amides is 1. The molecule has 0 aliphatic heterocycles. The Labute approximate surface area is 176 Å². The van der Waals surface area contributed by atoms with Gasteiger partial charge in [-0.1, -0.05) is 17.8 Å². The highest BCUT2D eigenvalue weighted by atomic mass is 32.2. The maximum absolute atomic E-state index is 12.7. The van der Waals surface area contributed by atoms with E-state index in [9.17, 15) is 14.7 Å². The third kappa shape index (κ3) is 4.52. The Morgan fingerprint density at radius 3 is 3.03 bits per heavy atom. The number of rotatable bonds is 7. The summed E-state index contributed by atoms with van der Waals surface area (Å²) in [5.41, 5.74) is 1.89. The highest BCUT2D eigenvalue weighted by Gasteiger charge is 2.23. The number of thioether (sulfide) groups is 1. The molecule has 0 bridgehead atoms. The van der Waals surface area contributed by atoms with E-state index in [-0.39, 0.29) is 24.5 Å². The summed E-state index contributed by atoms with van der Waals surface area (Å²) < 4.78 is 0. The third-order valence-corrected chi connectivity index (χ3v) is 7.27. The minimum absolute atomic E-state index is 0.127. The number of hydrogen-bond acceptors (Lipinski definition) is 7. The summed E-state index contributed by atoms with van der Waals surface area (Å²) >= 11 is 2.77. The number of aromatic nitrogens is 3. The van der Waals surface area contributed by atoms with Crippen molar-refractivity contribution in [1.29, 1.82) is 0 Å². The summed E-state index contributed by atoms with van der Waals surface area (Å²) in [6, 6.07) is 3.69. The van der Waals surface area contributed by atoms with E-state index in [1.165, 1.54) is 16.6 Å². The molecule has 1 aliphatic rings. The molecule has 0 saturated carbocycles. The van der Waals surface area contributed by atoms with E-state index in [0.29, 0.717) is 17.1 Å². The summed E-state index contributed by atoms with van der Waals surface area (Å²) in [6.07, 6.45) is 7.82. The summed E-state index contributed by atoms with van der Waals surface area (Å²) in [5, 5.41) is 12.8. The molecule has 3 N–H and O–H groups in total. The van der Waals surface area contributed by atoms with Crippen LogP contribution in [0.4, 0.5) is 0 Å². The molecule has 1 unspecified atom stereocenters. The highest BCUT2D eigenvalue weighted by molar-refractivity contribution is 8.00. The zero-order valence-corrected chi connectivity index (χ0v) is 17.4. The molecule has 0 saturated heterocycles. The standard InChI is InChI=1S/C20H22N4O3S2/c25-9-7-15(17(26)22-11-12-4-3-8-21-10-12)29-20-23-18(27)16-13-5-1-2-6-14(13)28-19(16)24-20/h3-4,8,10,15,25H,1-2,5-7,9,11H2,(H,22,26)(H,23,24,27). The topological polar surface area (TPSA) is 108 Å². The van der Waals surface area contributed by atoms with Crippen LogP contribution in [0.5, 0.6) is 0 Å². The molecule has 0 aromatic carbocycles. The number of nitrogens with zero attached hydrogens (tertiary/aromatic N) is 2. The number of aliphatic hydroxyl groups is 1. The van der Waals surface area contributed by atoms with Crippen molar-refractivity contribution in [3.8, 4) is 0 Å². The molecule has 3 aromatic heterocycles. The van der Waals surface area contributed by atoms with Crippen LogP contribution < -0.4 is 10.9 Å². The van der Waals surface area contributed by atoms with Gasteiger partial charge in [0.25, 0.3) is 5.56 Å². The van der Waals surface area contributed by atoms with Crippen molar-refractivity contribution in [3.05, 3.63) is 50.9 Å². The first-order valence-corrected chi connectivity index (χ1v) is 11.3. The van der Waals surface area contributed by atoms with Crippen molar-refractivity contribution in [2.45, 2.75) is 49.1 Å². The number of aliphatic hydroxyl groups excluding tert-OH is 1. The lowest BCUT2D eigenvalue weighted by Gasteiger charge is -2.15. The zero-order chi connectivity index (χ0) is 20.2. The number of thiophene rings is 1. The van der Waals surface area contributed by atoms with Gasteiger partial charge in [-0.2, -0.15) is 0 Å². The van der Waals surface area contributed by atoms with Crippen molar-refractivity contribution in [3.63, 3.8) is 0 Å². The molecule has 9 heteroatoms. The second-order valence-electron chi connectivity index (χ2n) is 6.96. The molecule has 3 aromatic rings. The zero-order valence-electron chi connectivity index (χ0n) is 15.8. The molecule has 0 radical (unpaired) electrons. The average molecular weight is 431 g/mol. The van der Waals surface area contributed by atoms with Gasteiger partial charge < -0.3 is 15.4 Å². The monoisotopic (exact) mass is 430 g/mol. The molecular formula is C20H22N4O3S2. The van der Waals surface area contributed by atoms with Crippen LogP contribution in [0, 0.1) is 0 Å². The lowest BCUT2D eigenvalue weighted by molar-refractivity contribution is -0.121. The molecule has 3 heterocycles. The number of aromatic amines is 1. The first-order valence-electron chi connectivity index (χ1n) is 9.64. The SMILES string of the molecule is O=C(NCc1cccnc1)C(CCO)Sc1nc2sc3c(c2c(=O)[nH]1)CCCC3. The fourth-order valence-electron chi connectivity index (χ4n) is 3.50. The second kappa shape index (κ2) is 9.06. The molecule has 0 fully saturated rings. The average Bonchev–Trinajstić information content (AvgIpc) is 3.11. The van der Waals surface area contributed by atoms with Crippen LogP contribution in [-0.4, -0.2) is 37.8 Å². The van der Waals surface area contributed by atoms with Gasteiger partial charge in [0, 0.05) is 30.4 Å². The molecule has 4 rings (SSSR count). The largest absolute Gasteiger partial charge is 0.396 e. The molecule has 1 amide bonds. The number of fused-ring (bicyclic) bond motifs is 3. The van der Waals surface area contributed by atoms with Gasteiger partial charge in [-0.25, -0.2) is 4.98 Å². The maximum Gasteiger partial charge on any atom is 0.260 e. The first kappa shape index (κ1) is 20.1. The predicted molar refractivity (Wildman–Crippen MR) is 114 cm³/mol.